The van der Waals surface area contributed by atoms with E-state index >= 15 is 0 Å². The van der Waals surface area contributed by atoms with Crippen molar-refractivity contribution in [2.45, 2.75) is 0 Å². The number of methoxy groups -OCH3 is 1. The van der Waals surface area contributed by atoms with Gasteiger partial charge in [-0.3, -0.25) is 14.7 Å². The predicted octanol–water partition coefficient (Wildman–Crippen LogP) is 3.45. The van der Waals surface area contributed by atoms with Crippen molar-refractivity contribution < 1.29 is 14.3 Å². The zero-order chi connectivity index (χ0) is 21.1. The summed E-state index contributed by atoms with van der Waals surface area (Å²) in [5.74, 6) is 0.579. The van der Waals surface area contributed by atoms with Gasteiger partial charge in [-0.05, 0) is 46.3 Å². The third-order valence-corrected chi connectivity index (χ3v) is 5.82. The maximum Gasteiger partial charge on any atom is 0.272 e. The van der Waals surface area contributed by atoms with E-state index in [1.807, 2.05) is 42.5 Å². The van der Waals surface area contributed by atoms with Crippen molar-refractivity contribution in [2.24, 2.45) is 0 Å². The summed E-state index contributed by atoms with van der Waals surface area (Å²) < 4.78 is 6.02. The van der Waals surface area contributed by atoms with Crippen LogP contribution in [0.25, 0.3) is 11.3 Å². The highest BCUT2D eigenvalue weighted by molar-refractivity contribution is 9.10. The van der Waals surface area contributed by atoms with Crippen LogP contribution in [0.4, 0.5) is 0 Å². The molecular weight excluding hydrogens is 448 g/mol. The number of ether oxygens (including phenoxy) is 1. The number of hydrogen-bond acceptors (Lipinski definition) is 4. The SMILES string of the molecule is COc1cccc(-c2cc(C(=O)N3CCN(C(=O)c4ccccc4Br)CC3)[nH]n2)c1. The minimum absolute atomic E-state index is 0.0311. The van der Waals surface area contributed by atoms with Crippen molar-refractivity contribution in [3.05, 3.63) is 70.3 Å². The standard InChI is InChI=1S/C22H21BrN4O3/c1-30-16-6-4-5-15(13-16)19-14-20(25-24-19)22(29)27-11-9-26(10-12-27)21(28)17-7-2-3-8-18(17)23/h2-8,13-14H,9-12H2,1H3,(H,24,25). The van der Waals surface area contributed by atoms with Crippen LogP contribution >= 0.6 is 15.9 Å². The van der Waals surface area contributed by atoms with E-state index in [2.05, 4.69) is 26.1 Å². The average Bonchev–Trinajstić information content (AvgIpc) is 3.29. The van der Waals surface area contributed by atoms with Gasteiger partial charge in [0.2, 0.25) is 0 Å². The zero-order valence-corrected chi connectivity index (χ0v) is 18.1. The third kappa shape index (κ3) is 4.09. The Morgan fingerprint density at radius 1 is 0.967 bits per heavy atom. The van der Waals surface area contributed by atoms with Crippen LogP contribution in [0.15, 0.2) is 59.1 Å². The van der Waals surface area contributed by atoms with Crippen LogP contribution < -0.4 is 4.74 Å². The van der Waals surface area contributed by atoms with E-state index in [9.17, 15) is 9.59 Å². The topological polar surface area (TPSA) is 78.5 Å². The predicted molar refractivity (Wildman–Crippen MR) is 117 cm³/mol. The highest BCUT2D eigenvalue weighted by atomic mass is 79.9. The molecule has 7 nitrogen and oxygen atoms in total. The number of rotatable bonds is 4. The number of nitrogens with zero attached hydrogens (tertiary/aromatic N) is 3. The number of piperazine rings is 1. The quantitative estimate of drug-likeness (QED) is 0.635. The number of nitrogens with one attached hydrogen (secondary N) is 1. The first-order valence-corrected chi connectivity index (χ1v) is 10.4. The highest BCUT2D eigenvalue weighted by Gasteiger charge is 2.27. The summed E-state index contributed by atoms with van der Waals surface area (Å²) in [7, 11) is 1.61. The van der Waals surface area contributed by atoms with E-state index in [0.717, 1.165) is 15.8 Å². The molecule has 0 atom stereocenters. The van der Waals surface area contributed by atoms with Gasteiger partial charge in [-0.25, -0.2) is 0 Å². The van der Waals surface area contributed by atoms with Gasteiger partial charge in [0.15, 0.2) is 0 Å². The summed E-state index contributed by atoms with van der Waals surface area (Å²) >= 11 is 3.43. The molecule has 0 radical (unpaired) electrons. The molecule has 1 N–H and O–H groups in total. The van der Waals surface area contributed by atoms with Gasteiger partial charge in [-0.15, -0.1) is 0 Å². The summed E-state index contributed by atoms with van der Waals surface area (Å²) in [4.78, 5) is 29.2. The van der Waals surface area contributed by atoms with E-state index in [0.29, 0.717) is 43.1 Å². The summed E-state index contributed by atoms with van der Waals surface area (Å²) in [6.07, 6.45) is 0. The van der Waals surface area contributed by atoms with Crippen LogP contribution in [0.2, 0.25) is 0 Å². The smallest absolute Gasteiger partial charge is 0.272 e. The van der Waals surface area contributed by atoms with Crippen LogP contribution in [-0.2, 0) is 0 Å². The van der Waals surface area contributed by atoms with E-state index in [-0.39, 0.29) is 11.8 Å². The number of aromatic nitrogens is 2. The zero-order valence-electron chi connectivity index (χ0n) is 16.5. The van der Waals surface area contributed by atoms with Gasteiger partial charge >= 0.3 is 0 Å². The molecule has 2 amide bonds. The Kier molecular flexibility index (Phi) is 5.85. The molecule has 4 rings (SSSR count). The molecule has 1 fully saturated rings. The van der Waals surface area contributed by atoms with E-state index in [1.54, 1.807) is 29.0 Å². The third-order valence-electron chi connectivity index (χ3n) is 5.13. The van der Waals surface area contributed by atoms with Crippen molar-refractivity contribution in [1.82, 2.24) is 20.0 Å². The monoisotopic (exact) mass is 468 g/mol. The fourth-order valence-corrected chi connectivity index (χ4v) is 3.90. The van der Waals surface area contributed by atoms with Crippen LogP contribution in [0.1, 0.15) is 20.8 Å². The minimum atomic E-state index is -0.121. The Morgan fingerprint density at radius 3 is 2.37 bits per heavy atom. The lowest BCUT2D eigenvalue weighted by Crippen LogP contribution is -2.50. The largest absolute Gasteiger partial charge is 0.497 e. The first-order valence-electron chi connectivity index (χ1n) is 9.60. The number of hydrogen-bond donors (Lipinski definition) is 1. The molecule has 1 aliphatic heterocycles. The fourth-order valence-electron chi connectivity index (χ4n) is 3.45. The van der Waals surface area contributed by atoms with Gasteiger partial charge < -0.3 is 14.5 Å². The fraction of sp³-hybridized carbons (Fsp3) is 0.227. The first kappa shape index (κ1) is 20.2. The summed E-state index contributed by atoms with van der Waals surface area (Å²) in [5, 5.41) is 7.11. The maximum atomic E-state index is 12.9. The molecule has 2 heterocycles. The molecule has 0 bridgehead atoms. The molecule has 0 unspecified atom stereocenters. The molecule has 0 saturated carbocycles. The second kappa shape index (κ2) is 8.71. The number of amides is 2. The summed E-state index contributed by atoms with van der Waals surface area (Å²) in [6.45, 7) is 1.93. The number of carbonyl (C=O) groups is 2. The molecule has 154 valence electrons. The molecule has 3 aromatic rings. The van der Waals surface area contributed by atoms with Gasteiger partial charge in [0, 0.05) is 36.2 Å². The number of halogens is 1. The van der Waals surface area contributed by atoms with Gasteiger partial charge in [0.25, 0.3) is 11.8 Å². The van der Waals surface area contributed by atoms with Gasteiger partial charge in [-0.1, -0.05) is 24.3 Å². The first-order chi connectivity index (χ1) is 14.6. The Hall–Kier alpha value is -3.13. The van der Waals surface area contributed by atoms with E-state index in [4.69, 9.17) is 4.74 Å². The van der Waals surface area contributed by atoms with Crippen molar-refractivity contribution in [3.8, 4) is 17.0 Å². The Bertz CT molecular complexity index is 1070. The Balaban J connectivity index is 1.41. The molecule has 30 heavy (non-hydrogen) atoms. The lowest BCUT2D eigenvalue weighted by Gasteiger charge is -2.34. The van der Waals surface area contributed by atoms with Crippen molar-refractivity contribution in [3.63, 3.8) is 0 Å². The summed E-state index contributed by atoms with van der Waals surface area (Å²) in [5.41, 5.74) is 2.61. The number of H-pyrrole nitrogens is 1. The van der Waals surface area contributed by atoms with Crippen LogP contribution in [0.5, 0.6) is 5.75 Å². The number of carbonyl (C=O) groups excluding carboxylic acids is 2. The highest BCUT2D eigenvalue weighted by Crippen LogP contribution is 2.23. The van der Waals surface area contributed by atoms with Gasteiger partial charge in [-0.2, -0.15) is 5.10 Å². The summed E-state index contributed by atoms with van der Waals surface area (Å²) in [6, 6.07) is 16.6. The van der Waals surface area contributed by atoms with Crippen LogP contribution in [0.3, 0.4) is 0 Å². The van der Waals surface area contributed by atoms with Crippen LogP contribution in [-0.4, -0.2) is 65.1 Å². The van der Waals surface area contributed by atoms with Gasteiger partial charge in [0.1, 0.15) is 11.4 Å². The lowest BCUT2D eigenvalue weighted by atomic mass is 10.1. The average molecular weight is 469 g/mol. The Morgan fingerprint density at radius 2 is 1.67 bits per heavy atom. The second-order valence-corrected chi connectivity index (χ2v) is 7.82. The normalized spacial score (nSPS) is 13.9. The number of aromatic amines is 1. The van der Waals surface area contributed by atoms with Gasteiger partial charge in [0.05, 0.1) is 18.4 Å². The molecule has 1 aliphatic rings. The molecule has 8 heteroatoms. The molecule has 1 saturated heterocycles. The number of benzene rings is 2. The minimum Gasteiger partial charge on any atom is -0.497 e. The molecular formula is C22H21BrN4O3. The van der Waals surface area contributed by atoms with Crippen molar-refractivity contribution in [2.75, 3.05) is 33.3 Å². The van der Waals surface area contributed by atoms with Crippen molar-refractivity contribution in [1.29, 1.82) is 0 Å². The maximum absolute atomic E-state index is 12.9. The molecule has 2 aromatic carbocycles. The van der Waals surface area contributed by atoms with E-state index < -0.39 is 0 Å². The molecule has 1 aromatic heterocycles. The molecule has 0 aliphatic carbocycles. The lowest BCUT2D eigenvalue weighted by molar-refractivity contribution is 0.0532. The van der Waals surface area contributed by atoms with Crippen molar-refractivity contribution >= 4 is 27.7 Å². The second-order valence-electron chi connectivity index (χ2n) is 6.96. The Labute approximate surface area is 182 Å². The van der Waals surface area contributed by atoms with E-state index in [1.165, 1.54) is 0 Å². The van der Waals surface area contributed by atoms with Crippen LogP contribution in [0, 0.1) is 0 Å². The molecule has 0 spiro atoms.